The maximum atomic E-state index is 11.5. The number of rotatable bonds is 5. The molecule has 1 amide bonds. The van der Waals surface area contributed by atoms with Crippen molar-refractivity contribution in [3.05, 3.63) is 30.1 Å². The van der Waals surface area contributed by atoms with Gasteiger partial charge in [0.1, 0.15) is 0 Å². The predicted octanol–water partition coefficient (Wildman–Crippen LogP) is 0.511. The second-order valence-electron chi connectivity index (χ2n) is 3.39. The van der Waals surface area contributed by atoms with Crippen molar-refractivity contribution in [1.29, 1.82) is 0 Å². The Balaban J connectivity index is 2.43. The monoisotopic (exact) mass is 208 g/mol. The summed E-state index contributed by atoms with van der Waals surface area (Å²) in [6.45, 7) is 1.91. The fourth-order valence-corrected chi connectivity index (χ4v) is 1.24. The summed E-state index contributed by atoms with van der Waals surface area (Å²) >= 11 is 0. The second kappa shape index (κ2) is 6.14. The number of carbonyl (C=O) groups is 1. The Morgan fingerprint density at radius 1 is 1.53 bits per heavy atom. The highest BCUT2D eigenvalue weighted by Crippen LogP contribution is 1.98. The third-order valence-electron chi connectivity index (χ3n) is 2.19. The zero-order valence-electron chi connectivity index (χ0n) is 8.81. The van der Waals surface area contributed by atoms with E-state index in [4.69, 9.17) is 5.11 Å². The molecule has 0 aromatic carbocycles. The predicted molar refractivity (Wildman–Crippen MR) is 57.2 cm³/mol. The van der Waals surface area contributed by atoms with Crippen LogP contribution in [0.2, 0.25) is 0 Å². The molecule has 0 saturated heterocycles. The fourth-order valence-electron chi connectivity index (χ4n) is 1.24. The van der Waals surface area contributed by atoms with Gasteiger partial charge < -0.3 is 10.4 Å². The average Bonchev–Trinajstić information content (AvgIpc) is 2.27. The van der Waals surface area contributed by atoms with Gasteiger partial charge in [-0.15, -0.1) is 0 Å². The molecule has 1 rings (SSSR count). The molecule has 0 spiro atoms. The molecule has 0 fully saturated rings. The van der Waals surface area contributed by atoms with Crippen LogP contribution in [0.5, 0.6) is 0 Å². The van der Waals surface area contributed by atoms with Crippen LogP contribution in [0.25, 0.3) is 0 Å². The molecule has 82 valence electrons. The highest BCUT2D eigenvalue weighted by Gasteiger charge is 2.09. The summed E-state index contributed by atoms with van der Waals surface area (Å²) < 4.78 is 0. The Kier molecular flexibility index (Phi) is 4.77. The molecule has 1 aromatic heterocycles. The average molecular weight is 208 g/mol. The molecular weight excluding hydrogens is 192 g/mol. The zero-order valence-corrected chi connectivity index (χ0v) is 8.81. The quantitative estimate of drug-likeness (QED) is 0.741. The van der Waals surface area contributed by atoms with Crippen molar-refractivity contribution in [3.8, 4) is 0 Å². The van der Waals surface area contributed by atoms with Gasteiger partial charge in [-0.25, -0.2) is 0 Å². The van der Waals surface area contributed by atoms with E-state index in [2.05, 4.69) is 10.3 Å². The minimum atomic E-state index is -0.140. The van der Waals surface area contributed by atoms with Gasteiger partial charge in [0.15, 0.2) is 0 Å². The summed E-state index contributed by atoms with van der Waals surface area (Å²) in [6.07, 6.45) is 4.38. The molecule has 15 heavy (non-hydrogen) atoms. The molecule has 0 aliphatic carbocycles. The minimum Gasteiger partial charge on any atom is -0.394 e. The number of aliphatic hydroxyl groups excluding tert-OH is 1. The van der Waals surface area contributed by atoms with Crippen molar-refractivity contribution >= 4 is 5.91 Å². The molecule has 0 aliphatic heterocycles. The largest absolute Gasteiger partial charge is 0.394 e. The van der Waals surface area contributed by atoms with E-state index in [1.165, 1.54) is 0 Å². The normalized spacial score (nSPS) is 12.1. The molecule has 1 unspecified atom stereocenters. The van der Waals surface area contributed by atoms with E-state index in [1.807, 2.05) is 6.92 Å². The van der Waals surface area contributed by atoms with Crippen LogP contribution in [-0.4, -0.2) is 28.6 Å². The van der Waals surface area contributed by atoms with E-state index in [0.29, 0.717) is 6.42 Å². The van der Waals surface area contributed by atoms with E-state index in [9.17, 15) is 4.79 Å². The van der Waals surface area contributed by atoms with Gasteiger partial charge in [0.2, 0.25) is 5.91 Å². The first-order chi connectivity index (χ1) is 7.26. The van der Waals surface area contributed by atoms with Crippen LogP contribution in [-0.2, 0) is 11.2 Å². The highest BCUT2D eigenvalue weighted by atomic mass is 16.3. The molecule has 0 saturated carbocycles. The van der Waals surface area contributed by atoms with Crippen LogP contribution in [0.15, 0.2) is 24.5 Å². The molecule has 4 heteroatoms. The van der Waals surface area contributed by atoms with Crippen LogP contribution in [0, 0.1) is 0 Å². The third-order valence-corrected chi connectivity index (χ3v) is 2.19. The Labute approximate surface area is 89.3 Å². The first-order valence-corrected chi connectivity index (χ1v) is 5.05. The van der Waals surface area contributed by atoms with Gasteiger partial charge >= 0.3 is 0 Å². The smallest absolute Gasteiger partial charge is 0.224 e. The SMILES string of the molecule is CCC(CO)NC(=O)Cc1ccncc1. The first kappa shape index (κ1) is 11.7. The van der Waals surface area contributed by atoms with Gasteiger partial charge in [0.05, 0.1) is 19.1 Å². The lowest BCUT2D eigenvalue weighted by Crippen LogP contribution is -2.37. The number of aromatic nitrogens is 1. The lowest BCUT2D eigenvalue weighted by Gasteiger charge is -2.13. The first-order valence-electron chi connectivity index (χ1n) is 5.05. The minimum absolute atomic E-state index is 0.0153. The molecule has 1 aromatic rings. The Morgan fingerprint density at radius 2 is 2.20 bits per heavy atom. The summed E-state index contributed by atoms with van der Waals surface area (Å²) in [5.74, 6) is -0.0675. The summed E-state index contributed by atoms with van der Waals surface area (Å²) in [5.41, 5.74) is 0.926. The van der Waals surface area contributed by atoms with Crippen LogP contribution in [0.3, 0.4) is 0 Å². The van der Waals surface area contributed by atoms with Crippen molar-refractivity contribution in [2.75, 3.05) is 6.61 Å². The molecule has 2 N–H and O–H groups in total. The molecule has 0 radical (unpaired) electrons. The number of hydrogen-bond donors (Lipinski definition) is 2. The number of hydrogen-bond acceptors (Lipinski definition) is 3. The number of amides is 1. The van der Waals surface area contributed by atoms with E-state index < -0.39 is 0 Å². The van der Waals surface area contributed by atoms with Gasteiger partial charge in [0, 0.05) is 12.4 Å². The summed E-state index contributed by atoms with van der Waals surface area (Å²) in [6, 6.07) is 3.47. The van der Waals surface area contributed by atoms with Crippen molar-refractivity contribution in [2.24, 2.45) is 0 Å². The van der Waals surface area contributed by atoms with Gasteiger partial charge in [-0.05, 0) is 24.1 Å². The zero-order chi connectivity index (χ0) is 11.1. The number of pyridine rings is 1. The number of nitrogens with one attached hydrogen (secondary N) is 1. The van der Waals surface area contributed by atoms with E-state index in [1.54, 1.807) is 24.5 Å². The topological polar surface area (TPSA) is 62.2 Å². The van der Waals surface area contributed by atoms with Crippen molar-refractivity contribution in [3.63, 3.8) is 0 Å². The molecule has 1 heterocycles. The van der Waals surface area contributed by atoms with Gasteiger partial charge in [-0.3, -0.25) is 9.78 Å². The second-order valence-corrected chi connectivity index (χ2v) is 3.39. The van der Waals surface area contributed by atoms with Crippen molar-refractivity contribution < 1.29 is 9.90 Å². The molecular formula is C11H16N2O2. The van der Waals surface area contributed by atoms with E-state index >= 15 is 0 Å². The summed E-state index contributed by atoms with van der Waals surface area (Å²) in [7, 11) is 0. The number of nitrogens with zero attached hydrogens (tertiary/aromatic N) is 1. The summed E-state index contributed by atoms with van der Waals surface area (Å²) in [4.78, 5) is 15.4. The number of aliphatic hydroxyl groups is 1. The van der Waals surface area contributed by atoms with Crippen LogP contribution in [0.4, 0.5) is 0 Å². The van der Waals surface area contributed by atoms with Crippen LogP contribution in [0.1, 0.15) is 18.9 Å². The van der Waals surface area contributed by atoms with Gasteiger partial charge in [0.25, 0.3) is 0 Å². The molecule has 0 bridgehead atoms. The van der Waals surface area contributed by atoms with Gasteiger partial charge in [-0.1, -0.05) is 6.92 Å². The van der Waals surface area contributed by atoms with E-state index in [0.717, 1.165) is 12.0 Å². The Morgan fingerprint density at radius 3 is 2.73 bits per heavy atom. The molecule has 1 atom stereocenters. The third kappa shape index (κ3) is 4.08. The lowest BCUT2D eigenvalue weighted by atomic mass is 10.1. The Hall–Kier alpha value is -1.42. The maximum Gasteiger partial charge on any atom is 0.224 e. The highest BCUT2D eigenvalue weighted by molar-refractivity contribution is 5.78. The van der Waals surface area contributed by atoms with Gasteiger partial charge in [-0.2, -0.15) is 0 Å². The number of carbonyl (C=O) groups excluding carboxylic acids is 1. The summed E-state index contributed by atoms with van der Waals surface area (Å²) in [5, 5.41) is 11.7. The van der Waals surface area contributed by atoms with Crippen LogP contribution < -0.4 is 5.32 Å². The standard InChI is InChI=1S/C11H16N2O2/c1-2-10(8-14)13-11(15)7-9-3-5-12-6-4-9/h3-6,10,14H,2,7-8H2,1H3,(H,13,15). The van der Waals surface area contributed by atoms with Crippen molar-refractivity contribution in [2.45, 2.75) is 25.8 Å². The van der Waals surface area contributed by atoms with Crippen LogP contribution >= 0.6 is 0 Å². The molecule has 0 aliphatic rings. The maximum absolute atomic E-state index is 11.5. The Bertz CT molecular complexity index is 297. The van der Waals surface area contributed by atoms with E-state index in [-0.39, 0.29) is 18.6 Å². The lowest BCUT2D eigenvalue weighted by molar-refractivity contribution is -0.121. The van der Waals surface area contributed by atoms with Crippen molar-refractivity contribution in [1.82, 2.24) is 10.3 Å². The fraction of sp³-hybridized carbons (Fsp3) is 0.455. The molecule has 4 nitrogen and oxygen atoms in total.